The van der Waals surface area contributed by atoms with E-state index >= 15 is 0 Å². The van der Waals surface area contributed by atoms with E-state index in [1.165, 1.54) is 0 Å². The second kappa shape index (κ2) is 5.09. The van der Waals surface area contributed by atoms with Crippen LogP contribution in [0.4, 0.5) is 5.69 Å². The van der Waals surface area contributed by atoms with E-state index in [1.54, 1.807) is 0 Å². The number of rotatable bonds is 3. The van der Waals surface area contributed by atoms with Crippen molar-refractivity contribution in [1.82, 2.24) is 0 Å². The highest BCUT2D eigenvalue weighted by Crippen LogP contribution is 2.18. The van der Waals surface area contributed by atoms with Crippen LogP contribution in [0.2, 0.25) is 0 Å². The van der Waals surface area contributed by atoms with Crippen LogP contribution in [0.1, 0.15) is 18.4 Å². The lowest BCUT2D eigenvalue weighted by Crippen LogP contribution is -2.27. The molecule has 3 N–H and O–H groups in total. The molecule has 1 aromatic carbocycles. The molecule has 1 aliphatic heterocycles. The summed E-state index contributed by atoms with van der Waals surface area (Å²) in [5.41, 5.74) is 7.32. The highest BCUT2D eigenvalue weighted by molar-refractivity contribution is 5.94. The number of carbonyl (C=O) groups excluding carboxylic acids is 1. The average molecular weight is 220 g/mol. The van der Waals surface area contributed by atoms with Crippen molar-refractivity contribution in [2.24, 2.45) is 5.73 Å². The summed E-state index contributed by atoms with van der Waals surface area (Å²) in [4.78, 5) is 11.8. The summed E-state index contributed by atoms with van der Waals surface area (Å²) < 4.78 is 5.32. The molecule has 1 saturated heterocycles. The maximum absolute atomic E-state index is 11.8. The minimum absolute atomic E-state index is 0.0709. The SMILES string of the molecule is NCc1ccccc1NC(=O)C1CCCO1. The Morgan fingerprint density at radius 1 is 1.50 bits per heavy atom. The standard InChI is InChI=1S/C12H16N2O2/c13-8-9-4-1-2-5-10(9)14-12(15)11-6-3-7-16-11/h1-2,4-5,11H,3,6-8,13H2,(H,14,15). The highest BCUT2D eigenvalue weighted by atomic mass is 16.5. The summed E-state index contributed by atoms with van der Waals surface area (Å²) in [6, 6.07) is 7.55. The van der Waals surface area contributed by atoms with Crippen molar-refractivity contribution in [3.8, 4) is 0 Å². The molecule has 16 heavy (non-hydrogen) atoms. The number of anilines is 1. The number of nitrogens with one attached hydrogen (secondary N) is 1. The third-order valence-electron chi connectivity index (χ3n) is 2.72. The first-order valence-electron chi connectivity index (χ1n) is 5.51. The van der Waals surface area contributed by atoms with Crippen LogP contribution in [-0.2, 0) is 16.1 Å². The quantitative estimate of drug-likeness (QED) is 0.806. The van der Waals surface area contributed by atoms with Gasteiger partial charge in [0.05, 0.1) is 0 Å². The van der Waals surface area contributed by atoms with Gasteiger partial charge in [0.25, 0.3) is 5.91 Å². The third kappa shape index (κ3) is 2.40. The average Bonchev–Trinajstić information content (AvgIpc) is 2.83. The fourth-order valence-corrected chi connectivity index (χ4v) is 1.82. The van der Waals surface area contributed by atoms with Crippen LogP contribution < -0.4 is 11.1 Å². The summed E-state index contributed by atoms with van der Waals surface area (Å²) in [6.07, 6.45) is 1.46. The number of benzene rings is 1. The molecule has 0 spiro atoms. The van der Waals surface area contributed by atoms with Gasteiger partial charge in [-0.05, 0) is 24.5 Å². The van der Waals surface area contributed by atoms with Crippen molar-refractivity contribution >= 4 is 11.6 Å². The van der Waals surface area contributed by atoms with E-state index < -0.39 is 0 Å². The van der Waals surface area contributed by atoms with Gasteiger partial charge < -0.3 is 15.8 Å². The summed E-state index contributed by atoms with van der Waals surface area (Å²) >= 11 is 0. The lowest BCUT2D eigenvalue weighted by Gasteiger charge is -2.12. The molecule has 0 bridgehead atoms. The number of hydrogen-bond donors (Lipinski definition) is 2. The van der Waals surface area contributed by atoms with Gasteiger partial charge in [-0.1, -0.05) is 18.2 Å². The first-order valence-corrected chi connectivity index (χ1v) is 5.51. The van der Waals surface area contributed by atoms with E-state index in [-0.39, 0.29) is 12.0 Å². The van der Waals surface area contributed by atoms with Gasteiger partial charge in [0.15, 0.2) is 0 Å². The van der Waals surface area contributed by atoms with Gasteiger partial charge in [0, 0.05) is 18.8 Å². The first kappa shape index (κ1) is 11.1. The van der Waals surface area contributed by atoms with E-state index in [0.717, 1.165) is 24.1 Å². The molecule has 1 atom stereocenters. The predicted molar refractivity (Wildman–Crippen MR) is 61.9 cm³/mol. The summed E-state index contributed by atoms with van der Waals surface area (Å²) in [7, 11) is 0. The van der Waals surface area contributed by atoms with Crippen molar-refractivity contribution in [3.05, 3.63) is 29.8 Å². The van der Waals surface area contributed by atoms with Gasteiger partial charge in [-0.2, -0.15) is 0 Å². The normalized spacial score (nSPS) is 19.7. The minimum atomic E-state index is -0.300. The number of hydrogen-bond acceptors (Lipinski definition) is 3. The molecule has 1 heterocycles. The molecule has 4 heteroatoms. The van der Waals surface area contributed by atoms with E-state index in [4.69, 9.17) is 10.5 Å². The van der Waals surface area contributed by atoms with Crippen molar-refractivity contribution < 1.29 is 9.53 Å². The fraction of sp³-hybridized carbons (Fsp3) is 0.417. The fourth-order valence-electron chi connectivity index (χ4n) is 1.82. The van der Waals surface area contributed by atoms with Gasteiger partial charge in [-0.15, -0.1) is 0 Å². The molecule has 1 unspecified atom stereocenters. The Kier molecular flexibility index (Phi) is 3.54. The lowest BCUT2D eigenvalue weighted by atomic mass is 10.1. The number of carbonyl (C=O) groups is 1. The minimum Gasteiger partial charge on any atom is -0.368 e. The molecule has 0 aliphatic carbocycles. The van der Waals surface area contributed by atoms with E-state index in [9.17, 15) is 4.79 Å². The first-order chi connectivity index (χ1) is 7.81. The highest BCUT2D eigenvalue weighted by Gasteiger charge is 2.23. The summed E-state index contributed by atoms with van der Waals surface area (Å²) in [6.45, 7) is 1.10. The van der Waals surface area contributed by atoms with Gasteiger partial charge in [0.1, 0.15) is 6.10 Å². The van der Waals surface area contributed by atoms with Gasteiger partial charge >= 0.3 is 0 Å². The van der Waals surface area contributed by atoms with Crippen LogP contribution in [0.15, 0.2) is 24.3 Å². The Morgan fingerprint density at radius 2 is 2.31 bits per heavy atom. The Morgan fingerprint density at radius 3 is 3.00 bits per heavy atom. The number of amides is 1. The molecule has 1 aromatic rings. The molecule has 1 fully saturated rings. The van der Waals surface area contributed by atoms with Crippen LogP contribution in [0, 0.1) is 0 Å². The predicted octanol–water partition coefficient (Wildman–Crippen LogP) is 1.26. The zero-order valence-corrected chi connectivity index (χ0v) is 9.11. The van der Waals surface area contributed by atoms with Crippen LogP contribution in [0.3, 0.4) is 0 Å². The smallest absolute Gasteiger partial charge is 0.253 e. The number of nitrogens with two attached hydrogens (primary N) is 1. The summed E-state index contributed by atoms with van der Waals surface area (Å²) in [5.74, 6) is -0.0709. The third-order valence-corrected chi connectivity index (χ3v) is 2.72. The molecule has 4 nitrogen and oxygen atoms in total. The second-order valence-corrected chi connectivity index (χ2v) is 3.85. The molecule has 1 aliphatic rings. The molecular weight excluding hydrogens is 204 g/mol. The zero-order chi connectivity index (χ0) is 11.4. The monoisotopic (exact) mass is 220 g/mol. The molecular formula is C12H16N2O2. The Bertz CT molecular complexity index is 373. The van der Waals surface area contributed by atoms with Crippen molar-refractivity contribution in [3.63, 3.8) is 0 Å². The molecule has 2 rings (SSSR count). The maximum Gasteiger partial charge on any atom is 0.253 e. The Hall–Kier alpha value is -1.39. The maximum atomic E-state index is 11.8. The molecule has 86 valence electrons. The molecule has 0 saturated carbocycles. The molecule has 1 amide bonds. The van der Waals surface area contributed by atoms with Crippen molar-refractivity contribution in [2.75, 3.05) is 11.9 Å². The molecule has 0 radical (unpaired) electrons. The van der Waals surface area contributed by atoms with Crippen LogP contribution in [-0.4, -0.2) is 18.6 Å². The van der Waals surface area contributed by atoms with E-state index in [0.29, 0.717) is 13.2 Å². The topological polar surface area (TPSA) is 64.3 Å². The Balaban J connectivity index is 2.05. The summed E-state index contributed by atoms with van der Waals surface area (Å²) in [5, 5.41) is 2.86. The second-order valence-electron chi connectivity index (χ2n) is 3.85. The van der Waals surface area contributed by atoms with Crippen LogP contribution in [0.25, 0.3) is 0 Å². The number of para-hydroxylation sites is 1. The number of ether oxygens (including phenoxy) is 1. The zero-order valence-electron chi connectivity index (χ0n) is 9.11. The van der Waals surface area contributed by atoms with Crippen molar-refractivity contribution in [1.29, 1.82) is 0 Å². The van der Waals surface area contributed by atoms with E-state index in [1.807, 2.05) is 24.3 Å². The van der Waals surface area contributed by atoms with Gasteiger partial charge in [-0.3, -0.25) is 4.79 Å². The van der Waals surface area contributed by atoms with Gasteiger partial charge in [0.2, 0.25) is 0 Å². The Labute approximate surface area is 94.8 Å². The van der Waals surface area contributed by atoms with E-state index in [2.05, 4.69) is 5.32 Å². The van der Waals surface area contributed by atoms with Crippen molar-refractivity contribution in [2.45, 2.75) is 25.5 Å². The van der Waals surface area contributed by atoms with Gasteiger partial charge in [-0.25, -0.2) is 0 Å². The molecule has 0 aromatic heterocycles. The van der Waals surface area contributed by atoms with Crippen LogP contribution in [0.5, 0.6) is 0 Å². The van der Waals surface area contributed by atoms with Crippen LogP contribution >= 0.6 is 0 Å². The lowest BCUT2D eigenvalue weighted by molar-refractivity contribution is -0.124. The largest absolute Gasteiger partial charge is 0.368 e.